The van der Waals surface area contributed by atoms with Crippen LogP contribution in [0.3, 0.4) is 0 Å². The molecule has 0 amide bonds. The van der Waals surface area contributed by atoms with Gasteiger partial charge in [0.25, 0.3) is 0 Å². The second kappa shape index (κ2) is 6.99. The van der Waals surface area contributed by atoms with E-state index in [9.17, 15) is 8.78 Å². The summed E-state index contributed by atoms with van der Waals surface area (Å²) in [4.78, 5) is 8.67. The van der Waals surface area contributed by atoms with Crippen LogP contribution in [0.4, 0.5) is 8.78 Å². The topological polar surface area (TPSA) is 25.8 Å². The standard InChI is InChI=1S/C19H20F2N2/c1-2-3-13-4-6-14(7-5-13)16-11-22-19(23-12-16)15-8-9-17(20)18(21)10-15/h2-3,8-14H,4-7H2,1H3/b3-2+/t13-,14-. The SMILES string of the molecule is C/C=C/[C@H]1CC[C@H](c2cnc(-c3ccc(F)c(F)c3)nc2)CC1. The van der Waals surface area contributed by atoms with Gasteiger partial charge in [-0.05, 0) is 68.2 Å². The average molecular weight is 314 g/mol. The van der Waals surface area contributed by atoms with Crippen LogP contribution in [0.25, 0.3) is 11.4 Å². The molecule has 0 saturated heterocycles. The summed E-state index contributed by atoms with van der Waals surface area (Å²) in [6.45, 7) is 2.07. The number of hydrogen-bond donors (Lipinski definition) is 0. The van der Waals surface area contributed by atoms with Gasteiger partial charge in [0.05, 0.1) is 0 Å². The largest absolute Gasteiger partial charge is 0.236 e. The van der Waals surface area contributed by atoms with Gasteiger partial charge in [0.2, 0.25) is 0 Å². The minimum Gasteiger partial charge on any atom is -0.236 e. The van der Waals surface area contributed by atoms with E-state index in [0.29, 0.717) is 23.2 Å². The summed E-state index contributed by atoms with van der Waals surface area (Å²) in [5.41, 5.74) is 1.63. The highest BCUT2D eigenvalue weighted by Crippen LogP contribution is 2.36. The van der Waals surface area contributed by atoms with Crippen LogP contribution in [0.5, 0.6) is 0 Å². The smallest absolute Gasteiger partial charge is 0.159 e. The first kappa shape index (κ1) is 15.8. The Balaban J connectivity index is 1.71. The number of aromatic nitrogens is 2. The van der Waals surface area contributed by atoms with E-state index in [1.54, 1.807) is 0 Å². The van der Waals surface area contributed by atoms with Crippen LogP contribution < -0.4 is 0 Å². The lowest BCUT2D eigenvalue weighted by Gasteiger charge is -2.26. The Morgan fingerprint density at radius 1 is 1.00 bits per heavy atom. The molecular weight excluding hydrogens is 294 g/mol. The average Bonchev–Trinajstić information content (AvgIpc) is 2.59. The van der Waals surface area contributed by atoms with Crippen LogP contribution in [0, 0.1) is 17.6 Å². The normalized spacial score (nSPS) is 21.7. The van der Waals surface area contributed by atoms with E-state index in [1.165, 1.54) is 18.9 Å². The molecule has 120 valence electrons. The molecule has 4 heteroatoms. The first-order chi connectivity index (χ1) is 11.2. The number of nitrogens with zero attached hydrogens (tertiary/aromatic N) is 2. The molecule has 0 unspecified atom stereocenters. The van der Waals surface area contributed by atoms with Crippen molar-refractivity contribution in [2.75, 3.05) is 0 Å². The summed E-state index contributed by atoms with van der Waals surface area (Å²) < 4.78 is 26.3. The van der Waals surface area contributed by atoms with Crippen molar-refractivity contribution >= 4 is 0 Å². The monoisotopic (exact) mass is 314 g/mol. The van der Waals surface area contributed by atoms with Gasteiger partial charge < -0.3 is 0 Å². The second-order valence-corrected chi connectivity index (χ2v) is 6.11. The minimum atomic E-state index is -0.877. The highest BCUT2D eigenvalue weighted by atomic mass is 19.2. The molecule has 0 bridgehead atoms. The van der Waals surface area contributed by atoms with Gasteiger partial charge in [-0.3, -0.25) is 0 Å². The van der Waals surface area contributed by atoms with Crippen LogP contribution in [0.15, 0.2) is 42.7 Å². The molecule has 0 spiro atoms. The van der Waals surface area contributed by atoms with Gasteiger partial charge in [-0.1, -0.05) is 12.2 Å². The van der Waals surface area contributed by atoms with Crippen molar-refractivity contribution < 1.29 is 8.78 Å². The van der Waals surface area contributed by atoms with Crippen molar-refractivity contribution in [3.63, 3.8) is 0 Å². The summed E-state index contributed by atoms with van der Waals surface area (Å²) in [7, 11) is 0. The van der Waals surface area contributed by atoms with Gasteiger partial charge in [-0.25, -0.2) is 18.7 Å². The number of allylic oxidation sites excluding steroid dienone is 2. The zero-order chi connectivity index (χ0) is 16.2. The van der Waals surface area contributed by atoms with Crippen molar-refractivity contribution in [2.24, 2.45) is 5.92 Å². The third kappa shape index (κ3) is 3.63. The zero-order valence-electron chi connectivity index (χ0n) is 13.2. The Bertz CT molecular complexity index is 687. The molecule has 2 aromatic rings. The first-order valence-corrected chi connectivity index (χ1v) is 8.07. The number of rotatable bonds is 3. The highest BCUT2D eigenvalue weighted by molar-refractivity contribution is 5.54. The lowest BCUT2D eigenvalue weighted by atomic mass is 9.79. The van der Waals surface area contributed by atoms with E-state index in [1.807, 2.05) is 12.4 Å². The highest BCUT2D eigenvalue weighted by Gasteiger charge is 2.21. The predicted molar refractivity (Wildman–Crippen MR) is 86.9 cm³/mol. The number of hydrogen-bond acceptors (Lipinski definition) is 2. The van der Waals surface area contributed by atoms with Crippen LogP contribution in [0.2, 0.25) is 0 Å². The second-order valence-electron chi connectivity index (χ2n) is 6.11. The van der Waals surface area contributed by atoms with Crippen molar-refractivity contribution in [1.29, 1.82) is 0 Å². The fraction of sp³-hybridized carbons (Fsp3) is 0.368. The van der Waals surface area contributed by atoms with E-state index >= 15 is 0 Å². The van der Waals surface area contributed by atoms with Crippen molar-refractivity contribution in [2.45, 2.75) is 38.5 Å². The molecule has 1 aromatic heterocycles. The number of benzene rings is 1. The van der Waals surface area contributed by atoms with Crippen LogP contribution in [0.1, 0.15) is 44.1 Å². The summed E-state index contributed by atoms with van der Waals surface area (Å²) in [6.07, 6.45) is 12.7. The van der Waals surface area contributed by atoms with Crippen LogP contribution in [-0.2, 0) is 0 Å². The molecule has 1 aromatic carbocycles. The molecule has 1 heterocycles. The zero-order valence-corrected chi connectivity index (χ0v) is 13.2. The molecule has 1 saturated carbocycles. The summed E-state index contributed by atoms with van der Waals surface area (Å²) in [5, 5.41) is 0. The van der Waals surface area contributed by atoms with E-state index in [0.717, 1.165) is 30.5 Å². The van der Waals surface area contributed by atoms with Crippen molar-refractivity contribution in [1.82, 2.24) is 9.97 Å². The van der Waals surface area contributed by atoms with Gasteiger partial charge in [-0.15, -0.1) is 0 Å². The summed E-state index contributed by atoms with van der Waals surface area (Å²) >= 11 is 0. The maximum Gasteiger partial charge on any atom is 0.159 e. The fourth-order valence-corrected chi connectivity index (χ4v) is 3.25. The molecular formula is C19H20F2N2. The molecule has 0 atom stereocenters. The third-order valence-corrected chi connectivity index (χ3v) is 4.56. The van der Waals surface area contributed by atoms with Crippen LogP contribution in [-0.4, -0.2) is 9.97 Å². The molecule has 1 fully saturated rings. The van der Waals surface area contributed by atoms with Gasteiger partial charge in [-0.2, -0.15) is 0 Å². The quantitative estimate of drug-likeness (QED) is 0.721. The maximum atomic E-state index is 13.3. The van der Waals surface area contributed by atoms with E-state index in [4.69, 9.17) is 0 Å². The maximum absolute atomic E-state index is 13.3. The lowest BCUT2D eigenvalue weighted by molar-refractivity contribution is 0.375. The molecule has 0 radical (unpaired) electrons. The van der Waals surface area contributed by atoms with Gasteiger partial charge >= 0.3 is 0 Å². The summed E-state index contributed by atoms with van der Waals surface area (Å²) in [6, 6.07) is 3.73. The Kier molecular flexibility index (Phi) is 4.79. The third-order valence-electron chi connectivity index (χ3n) is 4.56. The molecule has 2 nitrogen and oxygen atoms in total. The van der Waals surface area contributed by atoms with Crippen LogP contribution >= 0.6 is 0 Å². The van der Waals surface area contributed by atoms with E-state index < -0.39 is 11.6 Å². The Morgan fingerprint density at radius 3 is 2.30 bits per heavy atom. The molecule has 0 aliphatic heterocycles. The lowest BCUT2D eigenvalue weighted by Crippen LogP contribution is -2.12. The summed E-state index contributed by atoms with van der Waals surface area (Å²) in [5.74, 6) is -0.120. The van der Waals surface area contributed by atoms with Gasteiger partial charge in [0.1, 0.15) is 0 Å². The molecule has 0 N–H and O–H groups in total. The Hall–Kier alpha value is -2.10. The molecule has 1 aliphatic carbocycles. The van der Waals surface area contributed by atoms with Crippen molar-refractivity contribution in [3.05, 3.63) is 59.9 Å². The van der Waals surface area contributed by atoms with E-state index in [2.05, 4.69) is 29.0 Å². The Labute approximate surface area is 135 Å². The number of halogens is 2. The first-order valence-electron chi connectivity index (χ1n) is 8.07. The van der Waals surface area contributed by atoms with Crippen molar-refractivity contribution in [3.8, 4) is 11.4 Å². The predicted octanol–water partition coefficient (Wildman–Crippen LogP) is 5.27. The van der Waals surface area contributed by atoms with Gasteiger partial charge in [0.15, 0.2) is 17.5 Å². The van der Waals surface area contributed by atoms with E-state index in [-0.39, 0.29) is 0 Å². The molecule has 1 aliphatic rings. The molecule has 3 rings (SSSR count). The molecule has 23 heavy (non-hydrogen) atoms. The Morgan fingerprint density at radius 2 is 1.70 bits per heavy atom. The fourth-order valence-electron chi connectivity index (χ4n) is 3.25. The van der Waals surface area contributed by atoms with Gasteiger partial charge in [0, 0.05) is 18.0 Å². The minimum absolute atomic E-state index is 0.426.